The van der Waals surface area contributed by atoms with Crippen LogP contribution in [0.25, 0.3) is 0 Å². The molecule has 0 aromatic heterocycles. The molecule has 4 nitrogen and oxygen atoms in total. The van der Waals surface area contributed by atoms with Crippen LogP contribution in [0, 0.1) is 17.2 Å². The van der Waals surface area contributed by atoms with Crippen molar-refractivity contribution in [3.8, 4) is 6.07 Å². The van der Waals surface area contributed by atoms with E-state index in [1.54, 1.807) is 24.3 Å². The SMILES string of the molecule is COC(=O)C(CC(C)C)Nc1ccc(C#N)cc1. The van der Waals surface area contributed by atoms with Crippen molar-refractivity contribution >= 4 is 11.7 Å². The summed E-state index contributed by atoms with van der Waals surface area (Å²) in [7, 11) is 1.39. The zero-order chi connectivity index (χ0) is 13.5. The van der Waals surface area contributed by atoms with Crippen LogP contribution in [0.5, 0.6) is 0 Å². The van der Waals surface area contributed by atoms with Gasteiger partial charge in [0.15, 0.2) is 0 Å². The lowest BCUT2D eigenvalue weighted by molar-refractivity contribution is -0.141. The van der Waals surface area contributed by atoms with Crippen molar-refractivity contribution in [3.63, 3.8) is 0 Å². The number of anilines is 1. The van der Waals surface area contributed by atoms with E-state index >= 15 is 0 Å². The lowest BCUT2D eigenvalue weighted by Crippen LogP contribution is -2.32. The molecule has 0 heterocycles. The highest BCUT2D eigenvalue weighted by Crippen LogP contribution is 2.15. The molecule has 0 fully saturated rings. The van der Waals surface area contributed by atoms with Gasteiger partial charge < -0.3 is 10.1 Å². The minimum atomic E-state index is -0.358. The maximum atomic E-state index is 11.6. The molecule has 1 aromatic rings. The Kier molecular flexibility index (Phi) is 5.19. The highest BCUT2D eigenvalue weighted by Gasteiger charge is 2.20. The minimum Gasteiger partial charge on any atom is -0.467 e. The van der Waals surface area contributed by atoms with Crippen LogP contribution in [0.4, 0.5) is 5.69 Å². The molecule has 1 unspecified atom stereocenters. The van der Waals surface area contributed by atoms with E-state index in [-0.39, 0.29) is 12.0 Å². The Bertz CT molecular complexity index is 432. The van der Waals surface area contributed by atoms with Gasteiger partial charge in [0, 0.05) is 5.69 Å². The molecule has 1 aromatic carbocycles. The molecule has 1 rings (SSSR count). The van der Waals surface area contributed by atoms with Gasteiger partial charge in [-0.25, -0.2) is 4.79 Å². The van der Waals surface area contributed by atoms with Crippen molar-refractivity contribution in [2.75, 3.05) is 12.4 Å². The molecule has 0 amide bonds. The van der Waals surface area contributed by atoms with Crippen LogP contribution in [0.1, 0.15) is 25.8 Å². The fourth-order valence-electron chi connectivity index (χ4n) is 1.67. The number of nitrogens with one attached hydrogen (secondary N) is 1. The number of hydrogen-bond donors (Lipinski definition) is 1. The number of rotatable bonds is 5. The zero-order valence-corrected chi connectivity index (χ0v) is 10.9. The predicted octanol–water partition coefficient (Wildman–Crippen LogP) is 2.56. The standard InChI is InChI=1S/C14H18N2O2/c1-10(2)8-13(14(17)18-3)16-12-6-4-11(9-15)5-7-12/h4-7,10,13,16H,8H2,1-3H3. The van der Waals surface area contributed by atoms with E-state index in [2.05, 4.69) is 25.2 Å². The summed E-state index contributed by atoms with van der Waals surface area (Å²) in [6, 6.07) is 8.70. The van der Waals surface area contributed by atoms with Crippen LogP contribution < -0.4 is 5.32 Å². The van der Waals surface area contributed by atoms with Gasteiger partial charge in [-0.3, -0.25) is 0 Å². The number of ether oxygens (including phenoxy) is 1. The third-order valence-electron chi connectivity index (χ3n) is 2.55. The minimum absolute atomic E-state index is 0.270. The quantitative estimate of drug-likeness (QED) is 0.811. The lowest BCUT2D eigenvalue weighted by atomic mass is 10.0. The Morgan fingerprint density at radius 2 is 2.00 bits per heavy atom. The maximum Gasteiger partial charge on any atom is 0.328 e. The number of benzene rings is 1. The van der Waals surface area contributed by atoms with Gasteiger partial charge in [-0.05, 0) is 36.6 Å². The predicted molar refractivity (Wildman–Crippen MR) is 70.0 cm³/mol. The second kappa shape index (κ2) is 6.65. The molecule has 0 aliphatic carbocycles. The molecule has 0 radical (unpaired) electrons. The summed E-state index contributed by atoms with van der Waals surface area (Å²) in [5, 5.41) is 11.8. The Morgan fingerprint density at radius 1 is 1.39 bits per heavy atom. The first-order valence-electron chi connectivity index (χ1n) is 5.91. The summed E-state index contributed by atoms with van der Waals surface area (Å²) in [5.74, 6) is 0.119. The molecular formula is C14H18N2O2. The Labute approximate surface area is 108 Å². The fraction of sp³-hybridized carbons (Fsp3) is 0.429. The van der Waals surface area contributed by atoms with Gasteiger partial charge >= 0.3 is 5.97 Å². The Balaban J connectivity index is 2.75. The number of methoxy groups -OCH3 is 1. The summed E-state index contributed by atoms with van der Waals surface area (Å²) < 4.78 is 4.78. The van der Waals surface area contributed by atoms with E-state index in [0.29, 0.717) is 17.9 Å². The van der Waals surface area contributed by atoms with Gasteiger partial charge in [-0.2, -0.15) is 5.26 Å². The number of nitriles is 1. The molecule has 4 heteroatoms. The first-order valence-corrected chi connectivity index (χ1v) is 5.91. The monoisotopic (exact) mass is 246 g/mol. The average molecular weight is 246 g/mol. The van der Waals surface area contributed by atoms with Crippen LogP contribution in [0.15, 0.2) is 24.3 Å². The van der Waals surface area contributed by atoms with E-state index in [1.165, 1.54) is 7.11 Å². The summed E-state index contributed by atoms with van der Waals surface area (Å²) in [5.41, 5.74) is 1.41. The average Bonchev–Trinajstić information content (AvgIpc) is 2.37. The number of esters is 1. The van der Waals surface area contributed by atoms with E-state index < -0.39 is 0 Å². The molecule has 1 N–H and O–H groups in total. The fourth-order valence-corrected chi connectivity index (χ4v) is 1.67. The van der Waals surface area contributed by atoms with Crippen LogP contribution in [0.2, 0.25) is 0 Å². The van der Waals surface area contributed by atoms with Gasteiger partial charge in [0.05, 0.1) is 18.7 Å². The number of hydrogen-bond acceptors (Lipinski definition) is 4. The molecule has 0 spiro atoms. The number of carbonyl (C=O) groups is 1. The number of carbonyl (C=O) groups excluding carboxylic acids is 1. The highest BCUT2D eigenvalue weighted by atomic mass is 16.5. The third-order valence-corrected chi connectivity index (χ3v) is 2.55. The smallest absolute Gasteiger partial charge is 0.328 e. The van der Waals surface area contributed by atoms with Crippen molar-refractivity contribution in [2.45, 2.75) is 26.3 Å². The van der Waals surface area contributed by atoms with Gasteiger partial charge in [0.1, 0.15) is 6.04 Å². The second-order valence-corrected chi connectivity index (χ2v) is 4.54. The summed E-state index contributed by atoms with van der Waals surface area (Å²) in [6.45, 7) is 4.10. The van der Waals surface area contributed by atoms with E-state index in [0.717, 1.165) is 5.69 Å². The first-order chi connectivity index (χ1) is 8.56. The van der Waals surface area contributed by atoms with Crippen LogP contribution in [0.3, 0.4) is 0 Å². The molecule has 18 heavy (non-hydrogen) atoms. The molecule has 0 saturated carbocycles. The molecule has 1 atom stereocenters. The third kappa shape index (κ3) is 4.10. The molecule has 0 bridgehead atoms. The summed E-state index contributed by atoms with van der Waals surface area (Å²) >= 11 is 0. The molecule has 0 saturated heterocycles. The highest BCUT2D eigenvalue weighted by molar-refractivity contribution is 5.79. The number of nitrogens with zero attached hydrogens (tertiary/aromatic N) is 1. The van der Waals surface area contributed by atoms with Crippen LogP contribution in [-0.2, 0) is 9.53 Å². The Morgan fingerprint density at radius 3 is 2.44 bits per heavy atom. The first kappa shape index (κ1) is 14.0. The van der Waals surface area contributed by atoms with E-state index in [1.807, 2.05) is 0 Å². The molecular weight excluding hydrogens is 228 g/mol. The van der Waals surface area contributed by atoms with Gasteiger partial charge in [0.2, 0.25) is 0 Å². The summed E-state index contributed by atoms with van der Waals surface area (Å²) in [4.78, 5) is 11.6. The maximum absolute atomic E-state index is 11.6. The lowest BCUT2D eigenvalue weighted by Gasteiger charge is -2.19. The molecule has 96 valence electrons. The van der Waals surface area contributed by atoms with E-state index in [9.17, 15) is 4.79 Å². The second-order valence-electron chi connectivity index (χ2n) is 4.54. The Hall–Kier alpha value is -2.02. The normalized spacial score (nSPS) is 11.7. The van der Waals surface area contributed by atoms with Gasteiger partial charge in [-0.1, -0.05) is 13.8 Å². The largest absolute Gasteiger partial charge is 0.467 e. The van der Waals surface area contributed by atoms with Crippen LogP contribution in [-0.4, -0.2) is 19.1 Å². The summed E-state index contributed by atoms with van der Waals surface area (Å²) in [6.07, 6.45) is 0.701. The van der Waals surface area contributed by atoms with Crippen molar-refractivity contribution < 1.29 is 9.53 Å². The van der Waals surface area contributed by atoms with Crippen molar-refractivity contribution in [3.05, 3.63) is 29.8 Å². The molecule has 0 aliphatic heterocycles. The van der Waals surface area contributed by atoms with Crippen molar-refractivity contribution in [2.24, 2.45) is 5.92 Å². The van der Waals surface area contributed by atoms with Gasteiger partial charge in [-0.15, -0.1) is 0 Å². The van der Waals surface area contributed by atoms with Crippen molar-refractivity contribution in [1.82, 2.24) is 0 Å². The zero-order valence-electron chi connectivity index (χ0n) is 10.9. The van der Waals surface area contributed by atoms with Crippen molar-refractivity contribution in [1.29, 1.82) is 5.26 Å². The molecule has 0 aliphatic rings. The van der Waals surface area contributed by atoms with Gasteiger partial charge in [0.25, 0.3) is 0 Å². The van der Waals surface area contributed by atoms with Crippen LogP contribution >= 0.6 is 0 Å². The topological polar surface area (TPSA) is 62.1 Å². The van der Waals surface area contributed by atoms with E-state index in [4.69, 9.17) is 10.00 Å².